The van der Waals surface area contributed by atoms with Crippen molar-refractivity contribution in [3.8, 4) is 5.75 Å². The number of fused-ring (bicyclic) bond motifs is 1. The largest absolute Gasteiger partial charge is 0.491 e. The molecule has 0 fully saturated rings. The van der Waals surface area contributed by atoms with Crippen molar-refractivity contribution in [2.75, 3.05) is 32.7 Å². The fraction of sp³-hybridized carbons (Fsp3) is 0.614. The number of methoxy groups -OCH3 is 2. The van der Waals surface area contributed by atoms with Gasteiger partial charge in [-0.15, -0.1) is 0 Å². The van der Waals surface area contributed by atoms with Crippen LogP contribution in [0.25, 0.3) is 0 Å². The number of sulfonamides is 1. The maximum Gasteiger partial charge on any atom is 0.333 e. The van der Waals surface area contributed by atoms with Gasteiger partial charge in [0.25, 0.3) is 15.9 Å². The summed E-state index contributed by atoms with van der Waals surface area (Å²) >= 11 is 0. The summed E-state index contributed by atoms with van der Waals surface area (Å²) in [6, 6.07) is 7.31. The van der Waals surface area contributed by atoms with Gasteiger partial charge in [0.1, 0.15) is 10.6 Å². The highest BCUT2D eigenvalue weighted by Crippen LogP contribution is 2.36. The van der Waals surface area contributed by atoms with E-state index in [0.29, 0.717) is 24.5 Å². The summed E-state index contributed by atoms with van der Waals surface area (Å²) in [4.78, 5) is 51.5. The third-order valence-electron chi connectivity index (χ3n) is 10.7. The topological polar surface area (TPSA) is 156 Å². The van der Waals surface area contributed by atoms with Crippen LogP contribution in [0.3, 0.4) is 0 Å². The van der Waals surface area contributed by atoms with Crippen molar-refractivity contribution < 1.29 is 37.0 Å². The number of amides is 1. The van der Waals surface area contributed by atoms with Gasteiger partial charge in [-0.05, 0) is 49.6 Å². The minimum Gasteiger partial charge on any atom is -0.491 e. The van der Waals surface area contributed by atoms with E-state index >= 15 is 0 Å². The van der Waals surface area contributed by atoms with Gasteiger partial charge in [-0.3, -0.25) is 14.1 Å². The van der Waals surface area contributed by atoms with E-state index in [-0.39, 0.29) is 23.0 Å². The summed E-state index contributed by atoms with van der Waals surface area (Å²) in [6.45, 7) is 6.52. The molecular formula is C44H65N5O8S. The predicted molar refractivity (Wildman–Crippen MR) is 228 cm³/mol. The van der Waals surface area contributed by atoms with E-state index in [9.17, 15) is 22.8 Å². The molecular weight excluding hydrogens is 759 g/mol. The van der Waals surface area contributed by atoms with Gasteiger partial charge in [0.05, 0.1) is 38.5 Å². The Morgan fingerprint density at radius 2 is 1.36 bits per heavy atom. The Balaban J connectivity index is 1.55. The molecule has 14 heteroatoms. The lowest BCUT2D eigenvalue weighted by Crippen LogP contribution is -2.61. The number of para-hydroxylation sites is 1. The molecule has 13 nitrogen and oxygen atoms in total. The van der Waals surface area contributed by atoms with Crippen molar-refractivity contribution in [3.63, 3.8) is 0 Å². The molecule has 0 aliphatic carbocycles. The van der Waals surface area contributed by atoms with Crippen molar-refractivity contribution in [1.29, 1.82) is 0 Å². The first kappa shape index (κ1) is 46.2. The average molecular weight is 824 g/mol. The number of hydrogen-bond donors (Lipinski definition) is 1. The highest BCUT2D eigenvalue weighted by molar-refractivity contribution is 7.90. The average Bonchev–Trinajstić information content (AvgIpc) is 3.65. The highest BCUT2D eigenvalue weighted by Gasteiger charge is 2.51. The first-order valence-corrected chi connectivity index (χ1v) is 22.7. The van der Waals surface area contributed by atoms with E-state index in [1.54, 1.807) is 30.3 Å². The van der Waals surface area contributed by atoms with Gasteiger partial charge in [0.15, 0.2) is 24.0 Å². The van der Waals surface area contributed by atoms with Gasteiger partial charge >= 0.3 is 11.9 Å². The normalized spacial score (nSPS) is 17.4. The number of hydrogen-bond acceptors (Lipinski definition) is 11. The molecule has 2 aliphatic rings. The molecule has 2 aromatic rings. The predicted octanol–water partition coefficient (Wildman–Crippen LogP) is 8.51. The van der Waals surface area contributed by atoms with Crippen LogP contribution in [0.2, 0.25) is 0 Å². The van der Waals surface area contributed by atoms with Crippen molar-refractivity contribution >= 4 is 51.4 Å². The molecule has 3 atom stereocenters. The van der Waals surface area contributed by atoms with Crippen molar-refractivity contribution in [1.82, 2.24) is 9.21 Å². The van der Waals surface area contributed by atoms with Gasteiger partial charge in [-0.2, -0.15) is 0 Å². The van der Waals surface area contributed by atoms with Gasteiger partial charge in [0, 0.05) is 6.54 Å². The SMILES string of the molecule is CCCCCCCCCCCCCCCCCCN1C(C(C(=O)Nc2cc(C)ccc2OCCC)N2C=NC(C(=O)OC)C2C(=O)OC)=Nc2ccccc2S1(=O)=O. The van der Waals surface area contributed by atoms with Crippen molar-refractivity contribution in [2.24, 2.45) is 9.98 Å². The number of rotatable bonds is 26. The molecule has 58 heavy (non-hydrogen) atoms. The third kappa shape index (κ3) is 12.5. The number of ether oxygens (including phenoxy) is 3. The lowest BCUT2D eigenvalue weighted by molar-refractivity contribution is -0.153. The lowest BCUT2D eigenvalue weighted by atomic mass is 10.0. The number of unbranched alkanes of at least 4 members (excludes halogenated alkanes) is 15. The molecule has 2 aromatic carbocycles. The lowest BCUT2D eigenvalue weighted by Gasteiger charge is -2.38. The molecule has 2 aliphatic heterocycles. The monoisotopic (exact) mass is 823 g/mol. The highest BCUT2D eigenvalue weighted by atomic mass is 32.2. The quantitative estimate of drug-likeness (QED) is 0.0726. The van der Waals surface area contributed by atoms with E-state index in [2.05, 4.69) is 17.2 Å². The molecule has 0 spiro atoms. The van der Waals surface area contributed by atoms with E-state index in [1.165, 1.54) is 99.3 Å². The van der Waals surface area contributed by atoms with Crippen LogP contribution >= 0.6 is 0 Å². The van der Waals surface area contributed by atoms with E-state index in [1.807, 2.05) is 19.9 Å². The first-order valence-electron chi connectivity index (χ1n) is 21.3. The molecule has 0 radical (unpaired) electrons. The van der Waals surface area contributed by atoms with Crippen LogP contribution in [0.15, 0.2) is 57.3 Å². The smallest absolute Gasteiger partial charge is 0.333 e. The second kappa shape index (κ2) is 23.8. The van der Waals surface area contributed by atoms with Gasteiger partial charge in [0.2, 0.25) is 0 Å². The number of amidine groups is 1. The Morgan fingerprint density at radius 3 is 1.95 bits per heavy atom. The number of aliphatic imine (C=N–C) groups is 2. The summed E-state index contributed by atoms with van der Waals surface area (Å²) < 4.78 is 46.1. The number of anilines is 1. The molecule has 0 saturated heterocycles. The van der Waals surface area contributed by atoms with Crippen LogP contribution < -0.4 is 10.1 Å². The van der Waals surface area contributed by atoms with Crippen LogP contribution in [0.1, 0.15) is 129 Å². The molecule has 0 saturated carbocycles. The molecule has 0 aromatic heterocycles. The van der Waals surface area contributed by atoms with Crippen molar-refractivity contribution in [3.05, 3.63) is 48.0 Å². The minimum atomic E-state index is -4.22. The minimum absolute atomic E-state index is 0.00961. The molecule has 1 amide bonds. The Bertz CT molecular complexity index is 1820. The fourth-order valence-electron chi connectivity index (χ4n) is 7.47. The number of benzene rings is 2. The second-order valence-electron chi connectivity index (χ2n) is 15.2. The second-order valence-corrected chi connectivity index (χ2v) is 17.0. The van der Waals surface area contributed by atoms with Gasteiger partial charge < -0.3 is 24.4 Å². The summed E-state index contributed by atoms with van der Waals surface area (Å²) in [7, 11) is -1.89. The van der Waals surface area contributed by atoms with Crippen LogP contribution in [0, 0.1) is 6.92 Å². The van der Waals surface area contributed by atoms with Gasteiger partial charge in [-0.1, -0.05) is 128 Å². The number of esters is 2. The van der Waals surface area contributed by atoms with Crippen LogP contribution in [0.5, 0.6) is 5.75 Å². The number of nitrogens with zero attached hydrogens (tertiary/aromatic N) is 4. The molecule has 2 heterocycles. The Kier molecular flexibility index (Phi) is 19.0. The number of nitrogens with one attached hydrogen (secondary N) is 1. The van der Waals surface area contributed by atoms with Gasteiger partial charge in [-0.25, -0.2) is 23.0 Å². The van der Waals surface area contributed by atoms with E-state index in [0.717, 1.165) is 44.8 Å². The van der Waals surface area contributed by atoms with Crippen molar-refractivity contribution in [2.45, 2.75) is 153 Å². The van der Waals surface area contributed by atoms with Crippen LogP contribution in [-0.4, -0.2) is 93.1 Å². The first-order chi connectivity index (χ1) is 28.1. The Hall–Kier alpha value is -4.46. The molecule has 3 unspecified atom stereocenters. The van der Waals surface area contributed by atoms with E-state index in [4.69, 9.17) is 19.2 Å². The molecule has 320 valence electrons. The fourth-order valence-corrected chi connectivity index (χ4v) is 9.09. The number of carbonyl (C=O) groups excluding carboxylic acids is 3. The number of aryl methyl sites for hydroxylation is 1. The zero-order valence-electron chi connectivity index (χ0n) is 35.2. The zero-order valence-corrected chi connectivity index (χ0v) is 36.1. The van der Waals surface area contributed by atoms with E-state index < -0.39 is 46.0 Å². The summed E-state index contributed by atoms with van der Waals surface area (Å²) in [5.41, 5.74) is 1.34. The maximum absolute atomic E-state index is 14.8. The Morgan fingerprint density at radius 1 is 0.776 bits per heavy atom. The van der Waals surface area contributed by atoms with Crippen LogP contribution in [0.4, 0.5) is 11.4 Å². The molecule has 1 N–H and O–H groups in total. The summed E-state index contributed by atoms with van der Waals surface area (Å²) in [5.74, 6) is -2.12. The zero-order chi connectivity index (χ0) is 41.9. The summed E-state index contributed by atoms with van der Waals surface area (Å²) in [5, 5.41) is 2.93. The Labute approximate surface area is 346 Å². The standard InChI is InChI=1S/C44H65N5O8S/c1-6-8-9-10-11-12-13-14-15-16-17-18-19-20-21-24-29-49-41(46-34-25-22-23-26-37(34)58(49,53)54)40(48-32-45-38(43(51)55-4)39(48)44(52)56-5)42(50)47-35-31-33(3)27-28-36(35)57-30-7-2/h22-23,25-28,31-32,38-40H,6-21,24,29-30H2,1-5H3,(H,47,50). The van der Waals surface area contributed by atoms with Crippen LogP contribution in [-0.2, 0) is 33.9 Å². The molecule has 0 bridgehead atoms. The third-order valence-corrected chi connectivity index (χ3v) is 12.5. The molecule has 4 rings (SSSR count). The summed E-state index contributed by atoms with van der Waals surface area (Å²) in [6.07, 6.45) is 20.7. The number of carbonyl (C=O) groups is 3. The maximum atomic E-state index is 14.8.